The molecule has 0 atom stereocenters. The van der Waals surface area contributed by atoms with E-state index in [0.29, 0.717) is 0 Å². The minimum absolute atomic E-state index is 0.0297. The van der Waals surface area contributed by atoms with Crippen LogP contribution in [0, 0.1) is 0 Å². The molecule has 2 nitrogen and oxygen atoms in total. The maximum atomic E-state index is 4.03. The first-order valence-electron chi connectivity index (χ1n) is 20.3. The van der Waals surface area contributed by atoms with Crippen LogP contribution < -0.4 is 9.80 Å². The highest BCUT2D eigenvalue weighted by Crippen LogP contribution is 2.52. The van der Waals surface area contributed by atoms with E-state index in [1.807, 2.05) is 6.08 Å². The normalized spacial score (nSPS) is 13.9. The molecule has 2 aliphatic rings. The Morgan fingerprint density at radius 2 is 0.741 bits per heavy atom. The van der Waals surface area contributed by atoms with E-state index in [4.69, 9.17) is 0 Å². The molecule has 2 aliphatic carbocycles. The number of fused-ring (bicyclic) bond motifs is 6. The highest BCUT2D eigenvalue weighted by atomic mass is 15.1. The minimum atomic E-state index is -0.0837. The Morgan fingerprint density at radius 3 is 1.24 bits per heavy atom. The molecule has 58 heavy (non-hydrogen) atoms. The van der Waals surface area contributed by atoms with E-state index in [-0.39, 0.29) is 10.8 Å². The third-order valence-corrected chi connectivity index (χ3v) is 12.6. The van der Waals surface area contributed by atoms with E-state index in [0.717, 1.165) is 39.7 Å². The first-order chi connectivity index (χ1) is 28.2. The molecule has 0 radical (unpaired) electrons. The zero-order valence-corrected chi connectivity index (χ0v) is 33.6. The van der Waals surface area contributed by atoms with E-state index >= 15 is 0 Å². The van der Waals surface area contributed by atoms with E-state index in [2.05, 4.69) is 232 Å². The van der Waals surface area contributed by atoms with E-state index in [9.17, 15) is 0 Å². The number of rotatable bonds is 8. The van der Waals surface area contributed by atoms with Gasteiger partial charge < -0.3 is 9.80 Å². The third kappa shape index (κ3) is 5.71. The van der Waals surface area contributed by atoms with Gasteiger partial charge in [-0.25, -0.2) is 0 Å². The van der Waals surface area contributed by atoms with Crippen LogP contribution in [0.3, 0.4) is 0 Å². The van der Waals surface area contributed by atoms with Crippen molar-refractivity contribution in [3.8, 4) is 33.4 Å². The average Bonchev–Trinajstić information content (AvgIpc) is 3.63. The Labute approximate surface area is 343 Å². The third-order valence-electron chi connectivity index (χ3n) is 12.6. The van der Waals surface area contributed by atoms with Gasteiger partial charge in [-0.2, -0.15) is 0 Å². The van der Waals surface area contributed by atoms with Gasteiger partial charge in [0.15, 0.2) is 0 Å². The minimum Gasteiger partial charge on any atom is -0.310 e. The molecule has 0 bridgehead atoms. The van der Waals surface area contributed by atoms with Gasteiger partial charge in [-0.05, 0) is 134 Å². The SMILES string of the molecule is C=Cc1ccc2c(c1)C(C)(C)c1ccc(N(c3ccccc3)c3ccc(-c4ccc(N(c5ccccc5)c5ccc6c(c5)-c5ccccc5C6(C)C)cc4)cc3)cc1-2. The van der Waals surface area contributed by atoms with Crippen molar-refractivity contribution in [1.82, 2.24) is 0 Å². The zero-order chi connectivity index (χ0) is 39.6. The van der Waals surface area contributed by atoms with Crippen LogP contribution in [0.25, 0.3) is 39.5 Å². The summed E-state index contributed by atoms with van der Waals surface area (Å²) in [5.74, 6) is 0. The van der Waals surface area contributed by atoms with Crippen LogP contribution in [0.5, 0.6) is 0 Å². The molecule has 8 aromatic carbocycles. The second-order valence-electron chi connectivity index (χ2n) is 16.7. The summed E-state index contributed by atoms with van der Waals surface area (Å²) in [7, 11) is 0. The predicted molar refractivity (Wildman–Crippen MR) is 246 cm³/mol. The number of hydrogen-bond donors (Lipinski definition) is 0. The lowest BCUT2D eigenvalue weighted by Crippen LogP contribution is -2.15. The molecule has 0 saturated heterocycles. The average molecular weight is 747 g/mol. The largest absolute Gasteiger partial charge is 0.310 e. The molecule has 0 unspecified atom stereocenters. The monoisotopic (exact) mass is 746 g/mol. The highest BCUT2D eigenvalue weighted by Gasteiger charge is 2.37. The number of benzene rings is 8. The Balaban J connectivity index is 0.988. The summed E-state index contributed by atoms with van der Waals surface area (Å²) in [6, 6.07) is 68.9. The van der Waals surface area contributed by atoms with Gasteiger partial charge in [0.2, 0.25) is 0 Å². The molecule has 0 saturated carbocycles. The van der Waals surface area contributed by atoms with Gasteiger partial charge >= 0.3 is 0 Å². The van der Waals surface area contributed by atoms with Gasteiger partial charge in [0, 0.05) is 45.0 Å². The Bertz CT molecular complexity index is 2830. The molecular formula is C56H46N2. The predicted octanol–water partition coefficient (Wildman–Crippen LogP) is 15.5. The van der Waals surface area contributed by atoms with Gasteiger partial charge in [0.25, 0.3) is 0 Å². The number of anilines is 6. The summed E-state index contributed by atoms with van der Waals surface area (Å²) in [6.45, 7) is 13.4. The maximum Gasteiger partial charge on any atom is 0.0468 e. The first-order valence-corrected chi connectivity index (χ1v) is 20.3. The molecule has 0 amide bonds. The van der Waals surface area contributed by atoms with Crippen LogP contribution in [0.1, 0.15) is 55.5 Å². The van der Waals surface area contributed by atoms with Gasteiger partial charge in [-0.1, -0.05) is 156 Å². The summed E-state index contributed by atoms with van der Waals surface area (Å²) < 4.78 is 0. The molecule has 8 aromatic rings. The van der Waals surface area contributed by atoms with E-state index in [1.165, 1.54) is 55.6 Å². The van der Waals surface area contributed by atoms with Crippen molar-refractivity contribution in [3.63, 3.8) is 0 Å². The number of nitrogens with zero attached hydrogens (tertiary/aromatic N) is 2. The molecule has 280 valence electrons. The maximum absolute atomic E-state index is 4.03. The van der Waals surface area contributed by atoms with Gasteiger partial charge in [-0.3, -0.25) is 0 Å². The fraction of sp³-hybridized carbons (Fsp3) is 0.107. The lowest BCUT2D eigenvalue weighted by Gasteiger charge is -2.27. The van der Waals surface area contributed by atoms with Gasteiger partial charge in [0.1, 0.15) is 0 Å². The van der Waals surface area contributed by atoms with Gasteiger partial charge in [-0.15, -0.1) is 0 Å². The molecule has 10 rings (SSSR count). The Morgan fingerprint density at radius 1 is 0.345 bits per heavy atom. The molecule has 0 heterocycles. The molecule has 0 aromatic heterocycles. The van der Waals surface area contributed by atoms with Crippen molar-refractivity contribution in [3.05, 3.63) is 222 Å². The lowest BCUT2D eigenvalue weighted by molar-refractivity contribution is 0.660. The topological polar surface area (TPSA) is 6.48 Å². The fourth-order valence-electron chi connectivity index (χ4n) is 9.53. The van der Waals surface area contributed by atoms with Gasteiger partial charge in [0.05, 0.1) is 0 Å². The molecule has 0 N–H and O–H groups in total. The quantitative estimate of drug-likeness (QED) is 0.153. The van der Waals surface area contributed by atoms with Crippen molar-refractivity contribution in [2.75, 3.05) is 9.80 Å². The summed E-state index contributed by atoms with van der Waals surface area (Å²) in [5.41, 5.74) is 20.9. The number of hydrogen-bond acceptors (Lipinski definition) is 2. The van der Waals surface area contributed by atoms with Crippen molar-refractivity contribution < 1.29 is 0 Å². The van der Waals surface area contributed by atoms with E-state index < -0.39 is 0 Å². The van der Waals surface area contributed by atoms with Crippen LogP contribution in [-0.2, 0) is 10.8 Å². The summed E-state index contributed by atoms with van der Waals surface area (Å²) >= 11 is 0. The zero-order valence-electron chi connectivity index (χ0n) is 33.6. The standard InChI is InChI=1S/C56H46N2/c1-6-38-21-32-48-50-37-46(31-34-53(50)56(4,5)54(48)35-38)58(42-17-11-8-12-18-42)44-28-24-40(25-29-44)39-22-26-43(27-23-39)57(41-15-9-7-10-16-41)45-30-33-52-49(36-45)47-19-13-14-20-51(47)55(52,2)3/h6-37H,1H2,2-5H3. The van der Waals surface area contributed by atoms with Crippen LogP contribution in [-0.4, -0.2) is 0 Å². The van der Waals surface area contributed by atoms with Crippen molar-refractivity contribution >= 4 is 40.2 Å². The van der Waals surface area contributed by atoms with Crippen molar-refractivity contribution in [2.45, 2.75) is 38.5 Å². The molecule has 2 heteroatoms. The van der Waals surface area contributed by atoms with Crippen LogP contribution in [0.4, 0.5) is 34.1 Å². The fourth-order valence-corrected chi connectivity index (χ4v) is 9.53. The summed E-state index contributed by atoms with van der Waals surface area (Å²) in [5, 5.41) is 0. The smallest absolute Gasteiger partial charge is 0.0468 e. The van der Waals surface area contributed by atoms with E-state index in [1.54, 1.807) is 0 Å². The van der Waals surface area contributed by atoms with Crippen LogP contribution in [0.2, 0.25) is 0 Å². The first kappa shape index (κ1) is 35.5. The van der Waals surface area contributed by atoms with Crippen LogP contribution in [0.15, 0.2) is 195 Å². The second-order valence-corrected chi connectivity index (χ2v) is 16.7. The molecule has 0 spiro atoms. The summed E-state index contributed by atoms with van der Waals surface area (Å²) in [6.07, 6.45) is 1.94. The van der Waals surface area contributed by atoms with Crippen LogP contribution >= 0.6 is 0 Å². The number of para-hydroxylation sites is 2. The summed E-state index contributed by atoms with van der Waals surface area (Å²) in [4.78, 5) is 4.73. The Hall–Kier alpha value is -6.90. The second kappa shape index (κ2) is 13.6. The molecule has 0 aliphatic heterocycles. The van der Waals surface area contributed by atoms with Crippen molar-refractivity contribution in [2.24, 2.45) is 0 Å². The molecular weight excluding hydrogens is 701 g/mol. The Kier molecular flexibility index (Phi) is 8.35. The highest BCUT2D eigenvalue weighted by molar-refractivity contribution is 5.89. The molecule has 0 fully saturated rings. The lowest BCUT2D eigenvalue weighted by atomic mass is 9.82. The van der Waals surface area contributed by atoms with Crippen molar-refractivity contribution in [1.29, 1.82) is 0 Å².